The van der Waals surface area contributed by atoms with Crippen molar-refractivity contribution in [1.82, 2.24) is 0 Å². The monoisotopic (exact) mass is 402 g/mol. The fourth-order valence-corrected chi connectivity index (χ4v) is 3.40. The molecule has 0 spiro atoms. The van der Waals surface area contributed by atoms with Crippen LogP contribution in [0.15, 0.2) is 49.7 Å². The topological polar surface area (TPSA) is 102 Å². The Morgan fingerprint density at radius 3 is 2.62 bits per heavy atom. The predicted molar refractivity (Wildman–Crippen MR) is 110 cm³/mol. The Hall–Kier alpha value is -2.77. The molecular formula is C22H26O7. The second-order valence-corrected chi connectivity index (χ2v) is 7.76. The lowest BCUT2D eigenvalue weighted by Gasteiger charge is -2.21. The summed E-state index contributed by atoms with van der Waals surface area (Å²) in [5, 5.41) is 21.2. The van der Waals surface area contributed by atoms with Crippen LogP contribution in [0.3, 0.4) is 0 Å². The summed E-state index contributed by atoms with van der Waals surface area (Å²) in [6, 6.07) is 4.72. The summed E-state index contributed by atoms with van der Waals surface area (Å²) in [5.74, 6) is 0.862. The molecule has 0 aliphatic rings. The molecule has 0 fully saturated rings. The largest absolute Gasteiger partial charge is 0.495 e. The summed E-state index contributed by atoms with van der Waals surface area (Å²) < 4.78 is 22.3. The molecule has 156 valence electrons. The number of aliphatic hydroxyl groups is 2. The van der Waals surface area contributed by atoms with Gasteiger partial charge in [-0.1, -0.05) is 5.57 Å². The maximum Gasteiger partial charge on any atom is 0.336 e. The van der Waals surface area contributed by atoms with Gasteiger partial charge in [0.15, 0.2) is 11.2 Å². The molecule has 3 rings (SSSR count). The van der Waals surface area contributed by atoms with Gasteiger partial charge in [0.1, 0.15) is 12.4 Å². The van der Waals surface area contributed by atoms with Crippen LogP contribution in [0.2, 0.25) is 0 Å². The first-order valence-corrected chi connectivity index (χ1v) is 9.39. The van der Waals surface area contributed by atoms with E-state index in [1.807, 2.05) is 13.0 Å². The van der Waals surface area contributed by atoms with Crippen LogP contribution in [-0.2, 0) is 0 Å². The van der Waals surface area contributed by atoms with Gasteiger partial charge >= 0.3 is 5.63 Å². The Morgan fingerprint density at radius 2 is 1.93 bits per heavy atom. The molecule has 7 heteroatoms. The van der Waals surface area contributed by atoms with E-state index in [1.165, 1.54) is 19.4 Å². The van der Waals surface area contributed by atoms with Gasteiger partial charge in [0.25, 0.3) is 0 Å². The minimum Gasteiger partial charge on any atom is -0.495 e. The molecule has 1 atom stereocenters. The van der Waals surface area contributed by atoms with Crippen LogP contribution >= 0.6 is 0 Å². The number of rotatable bonds is 8. The smallest absolute Gasteiger partial charge is 0.336 e. The second-order valence-electron chi connectivity index (χ2n) is 7.76. The first-order valence-electron chi connectivity index (χ1n) is 9.39. The lowest BCUT2D eigenvalue weighted by molar-refractivity contribution is 0.0189. The van der Waals surface area contributed by atoms with Crippen LogP contribution in [0.5, 0.6) is 11.5 Å². The van der Waals surface area contributed by atoms with E-state index in [0.717, 1.165) is 5.57 Å². The number of methoxy groups -OCH3 is 1. The van der Waals surface area contributed by atoms with Crippen LogP contribution in [0, 0.1) is 0 Å². The highest BCUT2D eigenvalue weighted by atomic mass is 16.5. The Kier molecular flexibility index (Phi) is 6.00. The molecule has 2 aromatic heterocycles. The van der Waals surface area contributed by atoms with Gasteiger partial charge in [0, 0.05) is 12.5 Å². The maximum absolute atomic E-state index is 11.8. The van der Waals surface area contributed by atoms with Crippen molar-refractivity contribution in [2.24, 2.45) is 0 Å². The molecule has 0 radical (unpaired) electrons. The van der Waals surface area contributed by atoms with E-state index in [0.29, 0.717) is 34.3 Å². The first kappa shape index (κ1) is 21.0. The third-order valence-electron chi connectivity index (χ3n) is 4.56. The fraction of sp³-hybridized carbons (Fsp3) is 0.409. The molecular weight excluding hydrogens is 376 g/mol. The number of hydrogen-bond donors (Lipinski definition) is 2. The van der Waals surface area contributed by atoms with E-state index in [-0.39, 0.29) is 18.6 Å². The molecule has 0 saturated carbocycles. The molecule has 0 aliphatic carbocycles. The molecule has 0 saturated heterocycles. The van der Waals surface area contributed by atoms with Crippen molar-refractivity contribution in [2.45, 2.75) is 45.3 Å². The number of furan rings is 1. The maximum atomic E-state index is 11.8. The normalized spacial score (nSPS) is 13.8. The molecule has 3 aromatic rings. The molecule has 0 bridgehead atoms. The van der Waals surface area contributed by atoms with Crippen molar-refractivity contribution in [3.8, 4) is 11.5 Å². The minimum atomic E-state index is -0.930. The molecule has 0 amide bonds. The van der Waals surface area contributed by atoms with Gasteiger partial charge in [-0.2, -0.15) is 0 Å². The van der Waals surface area contributed by atoms with Gasteiger partial charge in [-0.05, 0) is 45.4 Å². The SMILES string of the molecule is COc1c2ccoc2c(OC/C=C(\C)CC(O)CC(C)(C)O)c2oc(=O)ccc12. The van der Waals surface area contributed by atoms with Gasteiger partial charge in [-0.15, -0.1) is 0 Å². The zero-order valence-corrected chi connectivity index (χ0v) is 17.0. The van der Waals surface area contributed by atoms with Crippen molar-refractivity contribution in [3.05, 3.63) is 46.5 Å². The Labute approximate surface area is 168 Å². The van der Waals surface area contributed by atoms with Crippen molar-refractivity contribution in [2.75, 3.05) is 13.7 Å². The molecule has 1 unspecified atom stereocenters. The zero-order chi connectivity index (χ0) is 21.2. The van der Waals surface area contributed by atoms with Crippen LogP contribution in [0.1, 0.15) is 33.6 Å². The van der Waals surface area contributed by atoms with Gasteiger partial charge < -0.3 is 28.5 Å². The van der Waals surface area contributed by atoms with Crippen LogP contribution in [-0.4, -0.2) is 35.6 Å². The molecule has 7 nitrogen and oxygen atoms in total. The Balaban J connectivity index is 1.87. The lowest BCUT2D eigenvalue weighted by atomic mass is 9.97. The predicted octanol–water partition coefficient (Wildman–Crippen LogP) is 3.78. The van der Waals surface area contributed by atoms with Crippen molar-refractivity contribution < 1.29 is 28.5 Å². The standard InChI is InChI=1S/C22H26O7/c1-13(11-14(23)12-22(2,3)25)7-9-28-21-19-16(8-10-27-19)18(26-4)15-5-6-17(24)29-20(15)21/h5-8,10,14,23,25H,9,11-12H2,1-4H3/b13-7+. The average molecular weight is 402 g/mol. The van der Waals surface area contributed by atoms with E-state index in [2.05, 4.69) is 0 Å². The van der Waals surface area contributed by atoms with E-state index < -0.39 is 17.3 Å². The minimum absolute atomic E-state index is 0.191. The zero-order valence-electron chi connectivity index (χ0n) is 17.0. The second kappa shape index (κ2) is 8.31. The number of benzene rings is 1. The van der Waals surface area contributed by atoms with Crippen LogP contribution < -0.4 is 15.1 Å². The quantitative estimate of drug-likeness (QED) is 0.437. The number of ether oxygens (including phenoxy) is 2. The third-order valence-corrected chi connectivity index (χ3v) is 4.56. The number of fused-ring (bicyclic) bond motifs is 2. The van der Waals surface area contributed by atoms with Crippen molar-refractivity contribution in [1.29, 1.82) is 0 Å². The van der Waals surface area contributed by atoms with Crippen LogP contribution in [0.4, 0.5) is 0 Å². The van der Waals surface area contributed by atoms with Gasteiger partial charge in [0.2, 0.25) is 5.75 Å². The van der Waals surface area contributed by atoms with Gasteiger partial charge in [0.05, 0.1) is 35.9 Å². The molecule has 2 heterocycles. The summed E-state index contributed by atoms with van der Waals surface area (Å²) in [4.78, 5) is 11.8. The van der Waals surface area contributed by atoms with Crippen LogP contribution in [0.25, 0.3) is 21.9 Å². The van der Waals surface area contributed by atoms with Gasteiger partial charge in [-0.25, -0.2) is 4.79 Å². The summed E-state index contributed by atoms with van der Waals surface area (Å²) in [6.07, 6.45) is 3.40. The molecule has 2 N–H and O–H groups in total. The van der Waals surface area contributed by atoms with E-state index in [1.54, 1.807) is 26.0 Å². The summed E-state index contributed by atoms with van der Waals surface area (Å²) in [5.41, 5.74) is 0.163. The highest BCUT2D eigenvalue weighted by molar-refractivity contribution is 6.06. The summed E-state index contributed by atoms with van der Waals surface area (Å²) in [6.45, 7) is 5.40. The number of hydrogen-bond acceptors (Lipinski definition) is 7. The summed E-state index contributed by atoms with van der Waals surface area (Å²) >= 11 is 0. The highest BCUT2D eigenvalue weighted by Crippen LogP contribution is 2.42. The van der Waals surface area contributed by atoms with Crippen molar-refractivity contribution in [3.63, 3.8) is 0 Å². The lowest BCUT2D eigenvalue weighted by Crippen LogP contribution is -2.26. The summed E-state index contributed by atoms with van der Waals surface area (Å²) in [7, 11) is 1.54. The molecule has 29 heavy (non-hydrogen) atoms. The Bertz CT molecular complexity index is 1080. The Morgan fingerprint density at radius 1 is 1.21 bits per heavy atom. The average Bonchev–Trinajstić information content (AvgIpc) is 3.09. The van der Waals surface area contributed by atoms with E-state index in [4.69, 9.17) is 18.3 Å². The van der Waals surface area contributed by atoms with E-state index in [9.17, 15) is 15.0 Å². The fourth-order valence-electron chi connectivity index (χ4n) is 3.40. The first-order chi connectivity index (χ1) is 13.7. The van der Waals surface area contributed by atoms with Gasteiger partial charge in [-0.3, -0.25) is 0 Å². The number of aliphatic hydroxyl groups excluding tert-OH is 1. The third kappa shape index (κ3) is 4.81. The molecule has 0 aliphatic heterocycles. The molecule has 1 aromatic carbocycles. The van der Waals surface area contributed by atoms with Crippen molar-refractivity contribution >= 4 is 21.9 Å². The highest BCUT2D eigenvalue weighted by Gasteiger charge is 2.21. The van der Waals surface area contributed by atoms with E-state index >= 15 is 0 Å².